The van der Waals surface area contributed by atoms with E-state index >= 15 is 0 Å². The number of hydrogen-bond donors (Lipinski definition) is 1. The molecule has 27 heavy (non-hydrogen) atoms. The first kappa shape index (κ1) is 18.8. The van der Waals surface area contributed by atoms with Gasteiger partial charge >= 0.3 is 0 Å². The predicted octanol–water partition coefficient (Wildman–Crippen LogP) is 2.93. The average Bonchev–Trinajstić information content (AvgIpc) is 2.74. The molecule has 140 valence electrons. The van der Waals surface area contributed by atoms with E-state index in [1.807, 2.05) is 36.4 Å². The maximum Gasteiger partial charge on any atom is 0.251 e. The van der Waals surface area contributed by atoms with Crippen LogP contribution in [0.2, 0.25) is 0 Å². The molecule has 5 nitrogen and oxygen atoms in total. The van der Waals surface area contributed by atoms with E-state index in [4.69, 9.17) is 0 Å². The van der Waals surface area contributed by atoms with Crippen LogP contribution >= 0.6 is 0 Å². The lowest BCUT2D eigenvalue weighted by Crippen LogP contribution is -2.49. The third kappa shape index (κ3) is 4.61. The average molecular weight is 364 g/mol. The quantitative estimate of drug-likeness (QED) is 0.830. The molecule has 1 aliphatic heterocycles. The molecule has 1 N–H and O–H groups in total. The second kappa shape index (κ2) is 8.62. The van der Waals surface area contributed by atoms with E-state index in [9.17, 15) is 14.4 Å². The molecule has 1 saturated heterocycles. The lowest BCUT2D eigenvalue weighted by Gasteiger charge is -2.33. The van der Waals surface area contributed by atoms with E-state index in [2.05, 4.69) is 5.32 Å². The number of hydrogen-bond acceptors (Lipinski definition) is 3. The molecule has 0 spiro atoms. The Labute approximate surface area is 159 Å². The van der Waals surface area contributed by atoms with Gasteiger partial charge in [-0.2, -0.15) is 0 Å². The van der Waals surface area contributed by atoms with Crippen LogP contribution in [0, 0.1) is 5.92 Å². The number of carbonyl (C=O) groups excluding carboxylic acids is 3. The van der Waals surface area contributed by atoms with Crippen LogP contribution < -0.4 is 5.32 Å². The lowest BCUT2D eigenvalue weighted by atomic mass is 9.88. The van der Waals surface area contributed by atoms with Gasteiger partial charge in [-0.15, -0.1) is 0 Å². The van der Waals surface area contributed by atoms with Crippen LogP contribution in [0.5, 0.6) is 0 Å². The van der Waals surface area contributed by atoms with Crippen LogP contribution in [0.25, 0.3) is 0 Å². The van der Waals surface area contributed by atoms with Crippen molar-refractivity contribution in [3.8, 4) is 0 Å². The predicted molar refractivity (Wildman–Crippen MR) is 103 cm³/mol. The number of carbonyl (C=O) groups is 3. The number of nitrogens with one attached hydrogen (secondary N) is 1. The van der Waals surface area contributed by atoms with Crippen molar-refractivity contribution in [2.75, 3.05) is 13.1 Å². The molecule has 1 heterocycles. The standard InChI is InChI=1S/C22H24N2O3/c1-16(23-21(26)19-10-6-3-7-11-19)22(27)24-14-12-18(13-15-24)20(25)17-8-4-2-5-9-17/h2-11,16,18H,12-15H2,1H3,(H,23,26). The van der Waals surface area contributed by atoms with Crippen LogP contribution in [0.3, 0.4) is 0 Å². The van der Waals surface area contributed by atoms with Gasteiger partial charge in [0, 0.05) is 30.1 Å². The van der Waals surface area contributed by atoms with E-state index < -0.39 is 6.04 Å². The molecule has 1 fully saturated rings. The summed E-state index contributed by atoms with van der Waals surface area (Å²) in [5.74, 6) is -0.269. The maximum absolute atomic E-state index is 12.6. The Morgan fingerprint density at radius 2 is 1.41 bits per heavy atom. The zero-order chi connectivity index (χ0) is 19.2. The van der Waals surface area contributed by atoms with Gasteiger partial charge in [0.15, 0.2) is 5.78 Å². The van der Waals surface area contributed by atoms with Gasteiger partial charge in [0.1, 0.15) is 6.04 Å². The Morgan fingerprint density at radius 3 is 1.96 bits per heavy atom. The van der Waals surface area contributed by atoms with Crippen LogP contribution in [0.15, 0.2) is 60.7 Å². The van der Waals surface area contributed by atoms with Crippen molar-refractivity contribution in [1.29, 1.82) is 0 Å². The fourth-order valence-electron chi connectivity index (χ4n) is 3.41. The molecule has 2 amide bonds. The van der Waals surface area contributed by atoms with Crippen LogP contribution in [-0.4, -0.2) is 41.6 Å². The van der Waals surface area contributed by atoms with Gasteiger partial charge < -0.3 is 10.2 Å². The van der Waals surface area contributed by atoms with Crippen molar-refractivity contribution >= 4 is 17.6 Å². The Morgan fingerprint density at radius 1 is 0.889 bits per heavy atom. The summed E-state index contributed by atoms with van der Waals surface area (Å²) in [6, 6.07) is 17.5. The first-order valence-electron chi connectivity index (χ1n) is 9.30. The number of rotatable bonds is 5. The Bertz CT molecular complexity index is 797. The number of piperidine rings is 1. The number of amides is 2. The van der Waals surface area contributed by atoms with Gasteiger partial charge in [-0.05, 0) is 31.9 Å². The summed E-state index contributed by atoms with van der Waals surface area (Å²) in [5, 5.41) is 2.76. The molecule has 1 unspecified atom stereocenters. The lowest BCUT2D eigenvalue weighted by molar-refractivity contribution is -0.134. The Balaban J connectivity index is 1.52. The summed E-state index contributed by atoms with van der Waals surface area (Å²) in [6.45, 7) is 2.77. The molecule has 2 aromatic rings. The Kier molecular flexibility index (Phi) is 6.01. The van der Waals surface area contributed by atoms with Gasteiger partial charge in [-0.25, -0.2) is 0 Å². The van der Waals surface area contributed by atoms with Gasteiger partial charge in [0.05, 0.1) is 0 Å². The van der Waals surface area contributed by atoms with Gasteiger partial charge in [0.2, 0.25) is 5.91 Å². The largest absolute Gasteiger partial charge is 0.341 e. The summed E-state index contributed by atoms with van der Waals surface area (Å²) in [7, 11) is 0. The first-order chi connectivity index (χ1) is 13.1. The third-order valence-electron chi connectivity index (χ3n) is 4.99. The summed E-state index contributed by atoms with van der Waals surface area (Å²) >= 11 is 0. The highest BCUT2D eigenvalue weighted by molar-refractivity contribution is 5.98. The fourth-order valence-corrected chi connectivity index (χ4v) is 3.41. The molecule has 2 aromatic carbocycles. The molecule has 1 atom stereocenters. The van der Waals surface area contributed by atoms with Crippen molar-refractivity contribution < 1.29 is 14.4 Å². The van der Waals surface area contributed by atoms with Crippen molar-refractivity contribution in [3.05, 3.63) is 71.8 Å². The second-order valence-corrected chi connectivity index (χ2v) is 6.89. The molecule has 1 aliphatic rings. The molecule has 5 heteroatoms. The third-order valence-corrected chi connectivity index (χ3v) is 4.99. The number of ketones is 1. The number of nitrogens with zero attached hydrogens (tertiary/aromatic N) is 1. The van der Waals surface area contributed by atoms with Crippen molar-refractivity contribution in [2.24, 2.45) is 5.92 Å². The fraction of sp³-hybridized carbons (Fsp3) is 0.318. The minimum absolute atomic E-state index is 0.0503. The molecule has 0 radical (unpaired) electrons. The molecule has 0 aliphatic carbocycles. The highest BCUT2D eigenvalue weighted by atomic mass is 16.2. The molecule has 3 rings (SSSR count). The topological polar surface area (TPSA) is 66.5 Å². The van der Waals surface area contributed by atoms with Crippen LogP contribution in [0.4, 0.5) is 0 Å². The normalized spacial score (nSPS) is 15.8. The zero-order valence-electron chi connectivity index (χ0n) is 15.4. The van der Waals surface area contributed by atoms with Gasteiger partial charge in [0.25, 0.3) is 5.91 Å². The number of likely N-dealkylation sites (tertiary alicyclic amines) is 1. The van der Waals surface area contributed by atoms with Crippen molar-refractivity contribution in [1.82, 2.24) is 10.2 Å². The van der Waals surface area contributed by atoms with Crippen LogP contribution in [-0.2, 0) is 4.79 Å². The molecule has 0 aromatic heterocycles. The molecule has 0 bridgehead atoms. The monoisotopic (exact) mass is 364 g/mol. The summed E-state index contributed by atoms with van der Waals surface area (Å²) in [4.78, 5) is 39.1. The smallest absolute Gasteiger partial charge is 0.251 e. The SMILES string of the molecule is CC(NC(=O)c1ccccc1)C(=O)N1CCC(C(=O)c2ccccc2)CC1. The van der Waals surface area contributed by atoms with Gasteiger partial charge in [-0.1, -0.05) is 48.5 Å². The minimum Gasteiger partial charge on any atom is -0.341 e. The van der Waals surface area contributed by atoms with Crippen molar-refractivity contribution in [2.45, 2.75) is 25.8 Å². The van der Waals surface area contributed by atoms with E-state index in [-0.39, 0.29) is 23.5 Å². The maximum atomic E-state index is 12.6. The molecule has 0 saturated carbocycles. The molecular weight excluding hydrogens is 340 g/mol. The number of benzene rings is 2. The Hall–Kier alpha value is -2.95. The second-order valence-electron chi connectivity index (χ2n) is 6.89. The van der Waals surface area contributed by atoms with Gasteiger partial charge in [-0.3, -0.25) is 14.4 Å². The summed E-state index contributed by atoms with van der Waals surface area (Å²) < 4.78 is 0. The minimum atomic E-state index is -0.598. The van der Waals surface area contributed by atoms with Crippen LogP contribution in [0.1, 0.15) is 40.5 Å². The van der Waals surface area contributed by atoms with Crippen molar-refractivity contribution in [3.63, 3.8) is 0 Å². The van der Waals surface area contributed by atoms with E-state index in [0.29, 0.717) is 31.5 Å². The first-order valence-corrected chi connectivity index (χ1v) is 9.30. The van der Waals surface area contributed by atoms with E-state index in [1.54, 1.807) is 36.1 Å². The highest BCUT2D eigenvalue weighted by Gasteiger charge is 2.30. The van der Waals surface area contributed by atoms with E-state index in [0.717, 1.165) is 5.56 Å². The summed E-state index contributed by atoms with van der Waals surface area (Å²) in [6.07, 6.45) is 1.30. The summed E-state index contributed by atoms with van der Waals surface area (Å²) in [5.41, 5.74) is 1.26. The van der Waals surface area contributed by atoms with E-state index in [1.165, 1.54) is 0 Å². The zero-order valence-corrected chi connectivity index (χ0v) is 15.4. The molecular formula is C22H24N2O3. The number of Topliss-reactive ketones (excluding diaryl/α,β-unsaturated/α-hetero) is 1. The highest BCUT2D eigenvalue weighted by Crippen LogP contribution is 2.22.